The van der Waals surface area contributed by atoms with Gasteiger partial charge in [0.1, 0.15) is 0 Å². The Balaban J connectivity index is 2.27. The highest BCUT2D eigenvalue weighted by molar-refractivity contribution is 9.10. The van der Waals surface area contributed by atoms with E-state index in [1.165, 1.54) is 0 Å². The number of hydrogen-bond acceptors (Lipinski definition) is 3. The summed E-state index contributed by atoms with van der Waals surface area (Å²) in [4.78, 5) is 1.03. The van der Waals surface area contributed by atoms with Crippen LogP contribution in [0.3, 0.4) is 0 Å². The minimum Gasteiger partial charge on any atom is -0.212 e. The first-order valence-electron chi connectivity index (χ1n) is 4.83. The Labute approximate surface area is 113 Å². The van der Waals surface area contributed by atoms with E-state index in [4.69, 9.17) is 0 Å². The van der Waals surface area contributed by atoms with Crippen molar-refractivity contribution in [3.05, 3.63) is 59.1 Å². The lowest BCUT2D eigenvalue weighted by Crippen LogP contribution is -1.94. The standard InChI is InChI=1S/C12H9BrO2S2/c13-10-6-8-11(9-7-10)16-17(14,15)12-4-2-1-3-5-12/h1-9H. The van der Waals surface area contributed by atoms with Crippen molar-refractivity contribution >= 4 is 35.6 Å². The van der Waals surface area contributed by atoms with Crippen LogP contribution in [0.25, 0.3) is 0 Å². The van der Waals surface area contributed by atoms with Crippen LogP contribution in [-0.4, -0.2) is 8.42 Å². The first-order valence-corrected chi connectivity index (χ1v) is 8.44. The van der Waals surface area contributed by atoms with E-state index in [2.05, 4.69) is 15.9 Å². The highest BCUT2D eigenvalue weighted by Gasteiger charge is 2.15. The van der Waals surface area contributed by atoms with Crippen LogP contribution in [0.15, 0.2) is 68.9 Å². The first kappa shape index (κ1) is 12.7. The molecule has 0 aliphatic heterocycles. The van der Waals surface area contributed by atoms with Crippen LogP contribution >= 0.6 is 26.7 Å². The van der Waals surface area contributed by atoms with Crippen LogP contribution < -0.4 is 0 Å². The van der Waals surface area contributed by atoms with Gasteiger partial charge in [0.05, 0.1) is 4.90 Å². The summed E-state index contributed by atoms with van der Waals surface area (Å²) < 4.78 is 25.0. The molecule has 2 nitrogen and oxygen atoms in total. The molecule has 0 saturated carbocycles. The Morgan fingerprint density at radius 3 is 2.06 bits per heavy atom. The van der Waals surface area contributed by atoms with E-state index < -0.39 is 8.87 Å². The Morgan fingerprint density at radius 1 is 0.882 bits per heavy atom. The second-order valence-electron chi connectivity index (χ2n) is 3.30. The van der Waals surface area contributed by atoms with Crippen molar-refractivity contribution in [1.29, 1.82) is 0 Å². The van der Waals surface area contributed by atoms with Gasteiger partial charge in [-0.1, -0.05) is 34.1 Å². The predicted molar refractivity (Wildman–Crippen MR) is 73.6 cm³/mol. The summed E-state index contributed by atoms with van der Waals surface area (Å²) in [6.07, 6.45) is 0. The molecule has 88 valence electrons. The average Bonchev–Trinajstić information content (AvgIpc) is 2.33. The monoisotopic (exact) mass is 328 g/mol. The van der Waals surface area contributed by atoms with Gasteiger partial charge in [-0.2, -0.15) is 0 Å². The maximum Gasteiger partial charge on any atom is 0.234 e. The van der Waals surface area contributed by atoms with Crippen molar-refractivity contribution in [3.63, 3.8) is 0 Å². The predicted octanol–water partition coefficient (Wildman–Crippen LogP) is 3.93. The Kier molecular flexibility index (Phi) is 3.91. The van der Waals surface area contributed by atoms with Crippen LogP contribution in [0, 0.1) is 0 Å². The van der Waals surface area contributed by atoms with E-state index in [0.717, 1.165) is 15.3 Å². The second-order valence-corrected chi connectivity index (χ2v) is 8.05. The fourth-order valence-corrected chi connectivity index (χ4v) is 4.32. The largest absolute Gasteiger partial charge is 0.234 e. The number of benzene rings is 2. The van der Waals surface area contributed by atoms with E-state index in [9.17, 15) is 8.42 Å². The molecule has 0 amide bonds. The Bertz CT molecular complexity index is 592. The minimum atomic E-state index is -3.32. The van der Waals surface area contributed by atoms with Gasteiger partial charge in [0, 0.05) is 20.2 Å². The summed E-state index contributed by atoms with van der Waals surface area (Å²) in [5, 5.41) is 0. The molecular weight excluding hydrogens is 320 g/mol. The quantitative estimate of drug-likeness (QED) is 0.800. The molecule has 2 aromatic carbocycles. The van der Waals surface area contributed by atoms with Crippen molar-refractivity contribution < 1.29 is 8.42 Å². The third-order valence-corrected chi connectivity index (χ3v) is 5.93. The summed E-state index contributed by atoms with van der Waals surface area (Å²) in [5.41, 5.74) is 0. The minimum absolute atomic E-state index is 0.327. The van der Waals surface area contributed by atoms with E-state index in [1.807, 2.05) is 12.1 Å². The Hall–Kier alpha value is -0.780. The third-order valence-electron chi connectivity index (χ3n) is 2.05. The van der Waals surface area contributed by atoms with Crippen molar-refractivity contribution in [2.45, 2.75) is 9.79 Å². The molecule has 2 aromatic rings. The van der Waals surface area contributed by atoms with E-state index >= 15 is 0 Å². The van der Waals surface area contributed by atoms with Crippen LogP contribution in [0.5, 0.6) is 0 Å². The molecule has 0 spiro atoms. The zero-order valence-electron chi connectivity index (χ0n) is 8.71. The topological polar surface area (TPSA) is 34.1 Å². The smallest absolute Gasteiger partial charge is 0.212 e. The molecule has 0 radical (unpaired) electrons. The van der Waals surface area contributed by atoms with Crippen molar-refractivity contribution in [2.24, 2.45) is 0 Å². The molecule has 17 heavy (non-hydrogen) atoms. The van der Waals surface area contributed by atoms with Gasteiger partial charge < -0.3 is 0 Å². The summed E-state index contributed by atoms with van der Waals surface area (Å²) >= 11 is 3.31. The zero-order chi connectivity index (χ0) is 12.3. The highest BCUT2D eigenvalue weighted by Crippen LogP contribution is 2.31. The summed E-state index contributed by atoms with van der Waals surface area (Å²) in [5.74, 6) is 0. The molecular formula is C12H9BrO2S2. The van der Waals surface area contributed by atoms with E-state index in [0.29, 0.717) is 9.79 Å². The summed E-state index contributed by atoms with van der Waals surface area (Å²) in [6, 6.07) is 15.6. The molecule has 2 rings (SSSR count). The molecule has 0 N–H and O–H groups in total. The fourth-order valence-electron chi connectivity index (χ4n) is 1.25. The molecule has 5 heteroatoms. The maximum atomic E-state index is 12.0. The maximum absolute atomic E-state index is 12.0. The van der Waals surface area contributed by atoms with Crippen LogP contribution in [-0.2, 0) is 8.87 Å². The molecule has 0 bridgehead atoms. The molecule has 0 aliphatic rings. The lowest BCUT2D eigenvalue weighted by Gasteiger charge is -2.03. The van der Waals surface area contributed by atoms with E-state index in [-0.39, 0.29) is 0 Å². The van der Waals surface area contributed by atoms with Crippen LogP contribution in [0.4, 0.5) is 0 Å². The number of rotatable bonds is 3. The van der Waals surface area contributed by atoms with Gasteiger partial charge in [-0.25, -0.2) is 8.42 Å². The van der Waals surface area contributed by atoms with Crippen molar-refractivity contribution in [3.8, 4) is 0 Å². The highest BCUT2D eigenvalue weighted by atomic mass is 79.9. The van der Waals surface area contributed by atoms with Crippen LogP contribution in [0.2, 0.25) is 0 Å². The summed E-state index contributed by atoms with van der Waals surface area (Å²) in [7, 11) is -2.47. The lowest BCUT2D eigenvalue weighted by atomic mass is 10.4. The van der Waals surface area contributed by atoms with Gasteiger partial charge >= 0.3 is 0 Å². The van der Waals surface area contributed by atoms with Crippen LogP contribution in [0.1, 0.15) is 0 Å². The van der Waals surface area contributed by atoms with Gasteiger partial charge in [-0.05, 0) is 36.4 Å². The molecule has 0 unspecified atom stereocenters. The van der Waals surface area contributed by atoms with Gasteiger partial charge in [0.2, 0.25) is 8.87 Å². The second kappa shape index (κ2) is 5.25. The van der Waals surface area contributed by atoms with Gasteiger partial charge in [0.25, 0.3) is 0 Å². The molecule has 0 aliphatic carbocycles. The number of hydrogen-bond donors (Lipinski definition) is 0. The van der Waals surface area contributed by atoms with Crippen molar-refractivity contribution in [1.82, 2.24) is 0 Å². The van der Waals surface area contributed by atoms with E-state index in [1.54, 1.807) is 42.5 Å². The lowest BCUT2D eigenvalue weighted by molar-refractivity contribution is 0.610. The van der Waals surface area contributed by atoms with Gasteiger partial charge in [-0.3, -0.25) is 0 Å². The molecule has 0 fully saturated rings. The first-order chi connectivity index (χ1) is 8.08. The zero-order valence-corrected chi connectivity index (χ0v) is 11.9. The average molecular weight is 329 g/mol. The van der Waals surface area contributed by atoms with Gasteiger partial charge in [0.15, 0.2) is 0 Å². The van der Waals surface area contributed by atoms with Crippen molar-refractivity contribution in [2.75, 3.05) is 0 Å². The Morgan fingerprint density at radius 2 is 1.47 bits per heavy atom. The van der Waals surface area contributed by atoms with Gasteiger partial charge in [-0.15, -0.1) is 0 Å². The molecule has 0 atom stereocenters. The number of halogens is 1. The molecule has 0 aromatic heterocycles. The molecule has 0 heterocycles. The molecule has 0 saturated heterocycles. The third kappa shape index (κ3) is 3.34. The summed E-state index contributed by atoms with van der Waals surface area (Å²) in [6.45, 7) is 0. The fraction of sp³-hybridized carbons (Fsp3) is 0. The normalized spacial score (nSPS) is 11.4. The SMILES string of the molecule is O=S(=O)(Sc1ccc(Br)cc1)c1ccccc1.